The topological polar surface area (TPSA) is 55.6 Å². The van der Waals surface area contributed by atoms with Gasteiger partial charge >= 0.3 is 0 Å². The number of nitro benzene ring substituents is 1. The van der Waals surface area contributed by atoms with Gasteiger partial charge in [0.1, 0.15) is 0 Å². The lowest BCUT2D eigenvalue weighted by atomic mass is 10.1. The fourth-order valence-corrected chi connectivity index (χ4v) is 2.68. The third kappa shape index (κ3) is 3.91. The highest BCUT2D eigenvalue weighted by atomic mass is 35.5. The summed E-state index contributed by atoms with van der Waals surface area (Å²) in [6, 6.07) is 4.60. The zero-order valence-corrected chi connectivity index (χ0v) is 12.3. The predicted octanol–water partition coefficient (Wildman–Crippen LogP) is 3.25. The first-order chi connectivity index (χ1) is 9.60. The molecule has 5 nitrogen and oxygen atoms in total. The lowest BCUT2D eigenvalue weighted by Gasteiger charge is -2.31. The summed E-state index contributed by atoms with van der Waals surface area (Å²) >= 11 is 6.12. The Bertz CT molecular complexity index is 473. The van der Waals surface area contributed by atoms with Crippen molar-refractivity contribution in [3.05, 3.63) is 38.9 Å². The SMILES string of the molecule is CCOC1CCN(Cc2cc([N+](=O)[O-])ccc2Cl)CC1. The molecule has 1 heterocycles. The molecular weight excluding hydrogens is 280 g/mol. The van der Waals surface area contributed by atoms with E-state index in [-0.39, 0.29) is 10.6 Å². The van der Waals surface area contributed by atoms with Gasteiger partial charge in [-0.05, 0) is 31.4 Å². The van der Waals surface area contributed by atoms with Crippen molar-refractivity contribution in [3.8, 4) is 0 Å². The number of halogens is 1. The van der Waals surface area contributed by atoms with Crippen LogP contribution in [0.3, 0.4) is 0 Å². The van der Waals surface area contributed by atoms with Crippen molar-refractivity contribution in [1.29, 1.82) is 0 Å². The number of piperidine rings is 1. The quantitative estimate of drug-likeness (QED) is 0.618. The van der Waals surface area contributed by atoms with Crippen molar-refractivity contribution >= 4 is 17.3 Å². The van der Waals surface area contributed by atoms with E-state index in [1.165, 1.54) is 6.07 Å². The van der Waals surface area contributed by atoms with Crippen molar-refractivity contribution in [2.75, 3.05) is 19.7 Å². The van der Waals surface area contributed by atoms with E-state index in [4.69, 9.17) is 16.3 Å². The summed E-state index contributed by atoms with van der Waals surface area (Å²) in [5, 5.41) is 11.4. The van der Waals surface area contributed by atoms with Gasteiger partial charge in [0.25, 0.3) is 5.69 Å². The molecule has 1 aromatic rings. The van der Waals surface area contributed by atoms with Crippen LogP contribution in [0.1, 0.15) is 25.3 Å². The second kappa shape index (κ2) is 7.02. The summed E-state index contributed by atoms with van der Waals surface area (Å²) in [6.07, 6.45) is 2.35. The molecule has 1 aliphatic heterocycles. The minimum Gasteiger partial charge on any atom is -0.378 e. The fourth-order valence-electron chi connectivity index (χ4n) is 2.51. The molecule has 1 saturated heterocycles. The third-order valence-electron chi connectivity index (χ3n) is 3.57. The second-order valence-electron chi connectivity index (χ2n) is 4.96. The molecule has 0 aliphatic carbocycles. The van der Waals surface area contributed by atoms with Gasteiger partial charge < -0.3 is 4.74 Å². The minimum atomic E-state index is -0.388. The number of likely N-dealkylation sites (tertiary alicyclic amines) is 1. The molecule has 110 valence electrons. The van der Waals surface area contributed by atoms with Crippen molar-refractivity contribution < 1.29 is 9.66 Å². The Morgan fingerprint density at radius 1 is 1.45 bits per heavy atom. The third-order valence-corrected chi connectivity index (χ3v) is 3.94. The number of benzene rings is 1. The summed E-state index contributed by atoms with van der Waals surface area (Å²) < 4.78 is 5.61. The van der Waals surface area contributed by atoms with Crippen LogP contribution < -0.4 is 0 Å². The zero-order valence-electron chi connectivity index (χ0n) is 11.5. The van der Waals surface area contributed by atoms with Crippen LogP contribution in [0.5, 0.6) is 0 Å². The average Bonchev–Trinajstić information content (AvgIpc) is 2.43. The lowest BCUT2D eigenvalue weighted by Crippen LogP contribution is -2.36. The first-order valence-electron chi connectivity index (χ1n) is 6.87. The molecule has 0 radical (unpaired) electrons. The van der Waals surface area contributed by atoms with Crippen LogP contribution in [-0.2, 0) is 11.3 Å². The fraction of sp³-hybridized carbons (Fsp3) is 0.571. The molecular formula is C14H19ClN2O3. The summed E-state index contributed by atoms with van der Waals surface area (Å²) in [7, 11) is 0. The van der Waals surface area contributed by atoms with Crippen LogP contribution in [0.25, 0.3) is 0 Å². The molecule has 0 saturated carbocycles. The van der Waals surface area contributed by atoms with Gasteiger partial charge in [0.15, 0.2) is 0 Å². The molecule has 0 spiro atoms. The second-order valence-corrected chi connectivity index (χ2v) is 5.37. The standard InChI is InChI=1S/C14H19ClN2O3/c1-2-20-13-5-7-16(8-6-13)10-11-9-12(17(18)19)3-4-14(11)15/h3-4,9,13H,2,5-8,10H2,1H3. The molecule has 1 fully saturated rings. The van der Waals surface area contributed by atoms with E-state index in [1.54, 1.807) is 12.1 Å². The van der Waals surface area contributed by atoms with E-state index in [0.29, 0.717) is 17.7 Å². The Kier molecular flexibility index (Phi) is 5.34. The average molecular weight is 299 g/mol. The first kappa shape index (κ1) is 15.2. The van der Waals surface area contributed by atoms with E-state index < -0.39 is 0 Å². The zero-order chi connectivity index (χ0) is 14.5. The van der Waals surface area contributed by atoms with Crippen LogP contribution in [0.2, 0.25) is 5.02 Å². The maximum Gasteiger partial charge on any atom is 0.269 e. The van der Waals surface area contributed by atoms with E-state index in [9.17, 15) is 10.1 Å². The molecule has 6 heteroatoms. The normalized spacial score (nSPS) is 17.3. The maximum atomic E-state index is 10.8. The summed E-state index contributed by atoms with van der Waals surface area (Å²) in [5.74, 6) is 0. The molecule has 20 heavy (non-hydrogen) atoms. The van der Waals surface area contributed by atoms with Crippen LogP contribution in [0.15, 0.2) is 18.2 Å². The molecule has 0 bridgehead atoms. The van der Waals surface area contributed by atoms with Crippen molar-refractivity contribution in [2.45, 2.75) is 32.4 Å². The van der Waals surface area contributed by atoms with E-state index in [1.807, 2.05) is 6.92 Å². The summed E-state index contributed by atoms with van der Waals surface area (Å²) in [5.41, 5.74) is 0.907. The molecule has 0 aromatic heterocycles. The molecule has 0 atom stereocenters. The lowest BCUT2D eigenvalue weighted by molar-refractivity contribution is -0.384. The number of hydrogen-bond acceptors (Lipinski definition) is 4. The number of rotatable bonds is 5. The number of hydrogen-bond donors (Lipinski definition) is 0. The Labute approximate surface area is 123 Å². The van der Waals surface area contributed by atoms with E-state index in [2.05, 4.69) is 4.90 Å². The largest absolute Gasteiger partial charge is 0.378 e. The summed E-state index contributed by atoms with van der Waals surface area (Å²) in [6.45, 7) is 5.28. The molecule has 1 aromatic carbocycles. The van der Waals surface area contributed by atoms with Gasteiger partial charge in [0, 0.05) is 43.4 Å². The Balaban J connectivity index is 1.97. The Morgan fingerprint density at radius 3 is 2.75 bits per heavy atom. The Hall–Kier alpha value is -1.17. The maximum absolute atomic E-state index is 10.8. The van der Waals surface area contributed by atoms with Crippen molar-refractivity contribution in [1.82, 2.24) is 4.90 Å². The van der Waals surface area contributed by atoms with Crippen LogP contribution in [-0.4, -0.2) is 35.6 Å². The van der Waals surface area contributed by atoms with Gasteiger partial charge in [-0.2, -0.15) is 0 Å². The first-order valence-corrected chi connectivity index (χ1v) is 7.24. The van der Waals surface area contributed by atoms with Crippen molar-refractivity contribution in [3.63, 3.8) is 0 Å². The highest BCUT2D eigenvalue weighted by molar-refractivity contribution is 6.31. The number of nitro groups is 1. The van der Waals surface area contributed by atoms with Gasteiger partial charge in [-0.25, -0.2) is 0 Å². The van der Waals surface area contributed by atoms with Gasteiger partial charge in [-0.1, -0.05) is 11.6 Å². The monoisotopic (exact) mass is 298 g/mol. The molecule has 0 N–H and O–H groups in total. The van der Waals surface area contributed by atoms with Gasteiger partial charge in [-0.3, -0.25) is 15.0 Å². The minimum absolute atomic E-state index is 0.0913. The smallest absolute Gasteiger partial charge is 0.269 e. The highest BCUT2D eigenvalue weighted by Gasteiger charge is 2.20. The van der Waals surface area contributed by atoms with E-state index >= 15 is 0 Å². The van der Waals surface area contributed by atoms with Gasteiger partial charge in [0.05, 0.1) is 11.0 Å². The number of nitrogens with zero attached hydrogens (tertiary/aromatic N) is 2. The molecule has 0 amide bonds. The van der Waals surface area contributed by atoms with Gasteiger partial charge in [-0.15, -0.1) is 0 Å². The van der Waals surface area contributed by atoms with Gasteiger partial charge in [0.2, 0.25) is 0 Å². The Morgan fingerprint density at radius 2 is 2.15 bits per heavy atom. The predicted molar refractivity (Wildman–Crippen MR) is 78.0 cm³/mol. The molecule has 1 aliphatic rings. The highest BCUT2D eigenvalue weighted by Crippen LogP contribution is 2.25. The van der Waals surface area contributed by atoms with Crippen molar-refractivity contribution in [2.24, 2.45) is 0 Å². The van der Waals surface area contributed by atoms with Crippen LogP contribution >= 0.6 is 11.6 Å². The molecule has 0 unspecified atom stereocenters. The van der Waals surface area contributed by atoms with Crippen LogP contribution in [0.4, 0.5) is 5.69 Å². The van der Waals surface area contributed by atoms with Crippen LogP contribution in [0, 0.1) is 10.1 Å². The summed E-state index contributed by atoms with van der Waals surface area (Å²) in [4.78, 5) is 12.7. The van der Waals surface area contributed by atoms with E-state index in [0.717, 1.165) is 38.1 Å². The number of ether oxygens (including phenoxy) is 1. The number of non-ortho nitro benzene ring substituents is 1. The molecule has 2 rings (SSSR count).